The number of rotatable bonds is 4. The molecule has 1 fully saturated rings. The molecule has 1 N–H and O–H groups in total. The average Bonchev–Trinajstić information content (AvgIpc) is 2.93. The van der Waals surface area contributed by atoms with Gasteiger partial charge in [-0.15, -0.1) is 0 Å². The summed E-state index contributed by atoms with van der Waals surface area (Å²) in [6, 6.07) is 2.84. The number of nitrogens with one attached hydrogen (secondary N) is 1. The molecule has 1 aromatic heterocycles. The molecule has 0 saturated carbocycles. The summed E-state index contributed by atoms with van der Waals surface area (Å²) in [6.07, 6.45) is 3.70. The summed E-state index contributed by atoms with van der Waals surface area (Å²) >= 11 is 0. The Morgan fingerprint density at radius 2 is 2.37 bits per heavy atom. The number of methoxy groups -OCH3 is 1. The Bertz CT molecular complexity index is 394. The SMILES string of the molecule is COCC1CCCN1Cc1cc2n(n1)CCCNC2. The van der Waals surface area contributed by atoms with Crippen LogP contribution in [-0.4, -0.2) is 47.5 Å². The van der Waals surface area contributed by atoms with E-state index in [-0.39, 0.29) is 0 Å². The Balaban J connectivity index is 1.66. The van der Waals surface area contributed by atoms with Crippen LogP contribution in [0.25, 0.3) is 0 Å². The van der Waals surface area contributed by atoms with E-state index < -0.39 is 0 Å². The summed E-state index contributed by atoms with van der Waals surface area (Å²) < 4.78 is 7.49. The summed E-state index contributed by atoms with van der Waals surface area (Å²) in [5, 5.41) is 8.21. The van der Waals surface area contributed by atoms with Gasteiger partial charge in [-0.05, 0) is 38.4 Å². The van der Waals surface area contributed by atoms with E-state index in [1.807, 2.05) is 0 Å². The Morgan fingerprint density at radius 3 is 3.26 bits per heavy atom. The molecule has 0 bridgehead atoms. The van der Waals surface area contributed by atoms with E-state index in [1.165, 1.54) is 37.2 Å². The third-order valence-electron chi connectivity index (χ3n) is 4.17. The summed E-state index contributed by atoms with van der Waals surface area (Å²) in [7, 11) is 1.79. The van der Waals surface area contributed by atoms with Crippen LogP contribution in [0.1, 0.15) is 30.7 Å². The van der Waals surface area contributed by atoms with Crippen molar-refractivity contribution in [2.45, 2.75) is 44.9 Å². The van der Waals surface area contributed by atoms with Gasteiger partial charge in [0, 0.05) is 32.8 Å². The molecule has 3 rings (SSSR count). The van der Waals surface area contributed by atoms with Crippen LogP contribution < -0.4 is 5.32 Å². The lowest BCUT2D eigenvalue weighted by Gasteiger charge is -2.22. The van der Waals surface area contributed by atoms with Crippen molar-refractivity contribution in [1.29, 1.82) is 0 Å². The van der Waals surface area contributed by atoms with E-state index in [1.54, 1.807) is 7.11 Å². The van der Waals surface area contributed by atoms with Crippen molar-refractivity contribution in [3.8, 4) is 0 Å². The smallest absolute Gasteiger partial charge is 0.0768 e. The van der Waals surface area contributed by atoms with Gasteiger partial charge in [0.05, 0.1) is 18.0 Å². The number of hydrogen-bond acceptors (Lipinski definition) is 4. The Labute approximate surface area is 114 Å². The number of fused-ring (bicyclic) bond motifs is 1. The van der Waals surface area contributed by atoms with E-state index in [4.69, 9.17) is 9.84 Å². The van der Waals surface area contributed by atoms with Crippen molar-refractivity contribution in [2.75, 3.05) is 26.8 Å². The van der Waals surface area contributed by atoms with Crippen molar-refractivity contribution < 1.29 is 4.74 Å². The first-order valence-electron chi connectivity index (χ1n) is 7.36. The molecule has 0 aliphatic carbocycles. The standard InChI is InChI=1S/C14H24N4O/c1-19-11-13-4-2-6-17(13)10-12-8-14-9-15-5-3-7-18(14)16-12/h8,13,15H,2-7,9-11H2,1H3. The van der Waals surface area contributed by atoms with Gasteiger partial charge in [0.25, 0.3) is 0 Å². The Hall–Kier alpha value is -0.910. The minimum absolute atomic E-state index is 0.574. The third kappa shape index (κ3) is 2.99. The molecule has 5 heteroatoms. The number of aryl methyl sites for hydroxylation is 1. The first kappa shape index (κ1) is 13.1. The van der Waals surface area contributed by atoms with Crippen molar-refractivity contribution in [1.82, 2.24) is 20.0 Å². The summed E-state index contributed by atoms with van der Waals surface area (Å²) in [5.74, 6) is 0. The number of aromatic nitrogens is 2. The monoisotopic (exact) mass is 264 g/mol. The van der Waals surface area contributed by atoms with E-state index in [0.29, 0.717) is 6.04 Å². The second kappa shape index (κ2) is 6.03. The predicted octanol–water partition coefficient (Wildman–Crippen LogP) is 0.987. The highest BCUT2D eigenvalue weighted by atomic mass is 16.5. The molecule has 1 atom stereocenters. The van der Waals surface area contributed by atoms with Crippen LogP contribution >= 0.6 is 0 Å². The first-order valence-corrected chi connectivity index (χ1v) is 7.36. The Morgan fingerprint density at radius 1 is 1.42 bits per heavy atom. The topological polar surface area (TPSA) is 42.3 Å². The van der Waals surface area contributed by atoms with Crippen molar-refractivity contribution in [3.05, 3.63) is 17.5 Å². The maximum Gasteiger partial charge on any atom is 0.0768 e. The maximum atomic E-state index is 5.31. The van der Waals surface area contributed by atoms with Crippen LogP contribution in [0.15, 0.2) is 6.07 Å². The van der Waals surface area contributed by atoms with E-state index in [0.717, 1.165) is 32.8 Å². The largest absolute Gasteiger partial charge is 0.383 e. The molecule has 0 spiro atoms. The molecule has 106 valence electrons. The summed E-state index contributed by atoms with van der Waals surface area (Å²) in [4.78, 5) is 2.51. The van der Waals surface area contributed by atoms with Gasteiger partial charge in [0.15, 0.2) is 0 Å². The van der Waals surface area contributed by atoms with Gasteiger partial charge in [0.1, 0.15) is 0 Å². The number of ether oxygens (including phenoxy) is 1. The van der Waals surface area contributed by atoms with Crippen LogP contribution in [0.2, 0.25) is 0 Å². The number of hydrogen-bond donors (Lipinski definition) is 1. The predicted molar refractivity (Wildman–Crippen MR) is 73.9 cm³/mol. The molecule has 1 saturated heterocycles. The van der Waals surface area contributed by atoms with Gasteiger partial charge in [-0.25, -0.2) is 0 Å². The summed E-state index contributed by atoms with van der Waals surface area (Å²) in [6.45, 7) is 6.08. The molecule has 0 radical (unpaired) electrons. The van der Waals surface area contributed by atoms with E-state index in [2.05, 4.69) is 21.0 Å². The van der Waals surface area contributed by atoms with Gasteiger partial charge < -0.3 is 10.1 Å². The van der Waals surface area contributed by atoms with Gasteiger partial charge in [-0.2, -0.15) is 5.10 Å². The van der Waals surface area contributed by atoms with Crippen LogP contribution in [0.3, 0.4) is 0 Å². The number of likely N-dealkylation sites (tertiary alicyclic amines) is 1. The Kier molecular flexibility index (Phi) is 4.15. The highest BCUT2D eigenvalue weighted by Gasteiger charge is 2.25. The lowest BCUT2D eigenvalue weighted by atomic mass is 10.2. The molecule has 3 heterocycles. The first-order chi connectivity index (χ1) is 9.36. The van der Waals surface area contributed by atoms with Crippen LogP contribution in [0, 0.1) is 0 Å². The normalized spacial score (nSPS) is 24.4. The second-order valence-electron chi connectivity index (χ2n) is 5.60. The molecule has 0 amide bonds. The van der Waals surface area contributed by atoms with Crippen molar-refractivity contribution in [2.24, 2.45) is 0 Å². The van der Waals surface area contributed by atoms with Gasteiger partial charge >= 0.3 is 0 Å². The molecule has 0 aromatic carbocycles. The molecule has 19 heavy (non-hydrogen) atoms. The molecule has 5 nitrogen and oxygen atoms in total. The minimum Gasteiger partial charge on any atom is -0.383 e. The highest BCUT2D eigenvalue weighted by Crippen LogP contribution is 2.20. The molecule has 1 aromatic rings. The lowest BCUT2D eigenvalue weighted by molar-refractivity contribution is 0.111. The zero-order valence-electron chi connectivity index (χ0n) is 11.8. The van der Waals surface area contributed by atoms with Gasteiger partial charge in [-0.3, -0.25) is 9.58 Å². The van der Waals surface area contributed by atoms with Gasteiger partial charge in [-0.1, -0.05) is 0 Å². The third-order valence-corrected chi connectivity index (χ3v) is 4.17. The highest BCUT2D eigenvalue weighted by molar-refractivity contribution is 5.11. The van der Waals surface area contributed by atoms with Crippen LogP contribution in [0.5, 0.6) is 0 Å². The number of nitrogens with zero attached hydrogens (tertiary/aromatic N) is 3. The fourth-order valence-electron chi connectivity index (χ4n) is 3.19. The van der Waals surface area contributed by atoms with Crippen molar-refractivity contribution in [3.63, 3.8) is 0 Å². The fourth-order valence-corrected chi connectivity index (χ4v) is 3.19. The van der Waals surface area contributed by atoms with E-state index in [9.17, 15) is 0 Å². The molecule has 2 aliphatic heterocycles. The molecular weight excluding hydrogens is 240 g/mol. The maximum absolute atomic E-state index is 5.31. The molecular formula is C14H24N4O. The zero-order chi connectivity index (χ0) is 13.1. The molecule has 2 aliphatic rings. The van der Waals surface area contributed by atoms with E-state index >= 15 is 0 Å². The van der Waals surface area contributed by atoms with Crippen LogP contribution in [-0.2, 0) is 24.4 Å². The second-order valence-corrected chi connectivity index (χ2v) is 5.60. The molecule has 1 unspecified atom stereocenters. The van der Waals surface area contributed by atoms with Crippen LogP contribution in [0.4, 0.5) is 0 Å². The summed E-state index contributed by atoms with van der Waals surface area (Å²) in [5.41, 5.74) is 2.54. The zero-order valence-corrected chi connectivity index (χ0v) is 11.8. The fraction of sp³-hybridized carbons (Fsp3) is 0.786. The quantitative estimate of drug-likeness (QED) is 0.880. The van der Waals surface area contributed by atoms with Gasteiger partial charge in [0.2, 0.25) is 0 Å². The lowest BCUT2D eigenvalue weighted by Crippen LogP contribution is -2.32. The average molecular weight is 264 g/mol. The minimum atomic E-state index is 0.574. The van der Waals surface area contributed by atoms with Crippen molar-refractivity contribution >= 4 is 0 Å².